The molecular formula is C16H24N2O. The van der Waals surface area contributed by atoms with Crippen molar-refractivity contribution in [3.8, 4) is 0 Å². The van der Waals surface area contributed by atoms with Crippen LogP contribution in [-0.2, 0) is 0 Å². The van der Waals surface area contributed by atoms with Gasteiger partial charge in [0.25, 0.3) is 5.91 Å². The van der Waals surface area contributed by atoms with E-state index in [-0.39, 0.29) is 5.91 Å². The maximum atomic E-state index is 12.1. The van der Waals surface area contributed by atoms with Crippen molar-refractivity contribution in [3.63, 3.8) is 0 Å². The number of rotatable bonds is 3. The van der Waals surface area contributed by atoms with E-state index >= 15 is 0 Å². The van der Waals surface area contributed by atoms with E-state index in [4.69, 9.17) is 5.73 Å². The molecule has 1 aliphatic carbocycles. The third-order valence-corrected chi connectivity index (χ3v) is 4.18. The topological polar surface area (TPSA) is 55.1 Å². The van der Waals surface area contributed by atoms with Gasteiger partial charge in [-0.3, -0.25) is 4.79 Å². The van der Waals surface area contributed by atoms with Gasteiger partial charge in [0.15, 0.2) is 0 Å². The quantitative estimate of drug-likeness (QED) is 0.820. The zero-order valence-corrected chi connectivity index (χ0v) is 11.9. The highest BCUT2D eigenvalue weighted by Crippen LogP contribution is 2.28. The summed E-state index contributed by atoms with van der Waals surface area (Å²) in [7, 11) is 0. The van der Waals surface area contributed by atoms with Gasteiger partial charge < -0.3 is 11.1 Å². The summed E-state index contributed by atoms with van der Waals surface area (Å²) in [5, 5.41) is 3.06. The van der Waals surface area contributed by atoms with Crippen molar-refractivity contribution in [1.29, 1.82) is 0 Å². The van der Waals surface area contributed by atoms with Crippen LogP contribution in [0.4, 0.5) is 5.69 Å². The number of anilines is 1. The van der Waals surface area contributed by atoms with Crippen LogP contribution in [-0.4, -0.2) is 12.5 Å². The van der Waals surface area contributed by atoms with E-state index in [0.717, 1.165) is 18.0 Å². The molecule has 3 N–H and O–H groups in total. The molecule has 1 aliphatic rings. The van der Waals surface area contributed by atoms with Crippen molar-refractivity contribution < 1.29 is 4.79 Å². The monoisotopic (exact) mass is 260 g/mol. The normalized spacial score (nSPS) is 23.1. The molecule has 2 rings (SSSR count). The minimum Gasteiger partial charge on any atom is -0.399 e. The Bertz CT molecular complexity index is 436. The Balaban J connectivity index is 1.93. The highest BCUT2D eigenvalue weighted by Gasteiger charge is 2.21. The molecule has 1 aromatic carbocycles. The average Bonchev–Trinajstić information content (AvgIpc) is 2.36. The number of carbonyl (C=O) groups excluding carboxylic acids is 1. The summed E-state index contributed by atoms with van der Waals surface area (Å²) in [6.45, 7) is 5.03. The number of nitrogen functional groups attached to an aromatic ring is 1. The first kappa shape index (κ1) is 13.9. The Kier molecular flexibility index (Phi) is 4.46. The van der Waals surface area contributed by atoms with Gasteiger partial charge in [0, 0.05) is 17.8 Å². The molecule has 0 radical (unpaired) electrons. The molecule has 0 spiro atoms. The molecule has 2 unspecified atom stereocenters. The lowest BCUT2D eigenvalue weighted by molar-refractivity contribution is 0.0936. The zero-order chi connectivity index (χ0) is 13.8. The molecule has 1 fully saturated rings. The lowest BCUT2D eigenvalue weighted by Gasteiger charge is -2.28. The van der Waals surface area contributed by atoms with Crippen LogP contribution in [0.25, 0.3) is 0 Å². The van der Waals surface area contributed by atoms with Gasteiger partial charge in [-0.2, -0.15) is 0 Å². The van der Waals surface area contributed by atoms with Crippen LogP contribution in [0.5, 0.6) is 0 Å². The van der Waals surface area contributed by atoms with Crippen molar-refractivity contribution in [2.45, 2.75) is 39.5 Å². The largest absolute Gasteiger partial charge is 0.399 e. The zero-order valence-electron chi connectivity index (χ0n) is 11.9. The molecule has 19 heavy (non-hydrogen) atoms. The summed E-state index contributed by atoms with van der Waals surface area (Å²) in [6, 6.07) is 5.50. The SMILES string of the molecule is Cc1cc(N)cc(C(=O)NCC2CCCCC2C)c1. The first-order chi connectivity index (χ1) is 9.06. The molecule has 2 atom stereocenters. The molecular weight excluding hydrogens is 236 g/mol. The van der Waals surface area contributed by atoms with E-state index in [0.29, 0.717) is 17.2 Å². The van der Waals surface area contributed by atoms with Crippen molar-refractivity contribution in [2.75, 3.05) is 12.3 Å². The van der Waals surface area contributed by atoms with Crippen molar-refractivity contribution in [3.05, 3.63) is 29.3 Å². The molecule has 1 aromatic rings. The maximum absolute atomic E-state index is 12.1. The summed E-state index contributed by atoms with van der Waals surface area (Å²) in [5.41, 5.74) is 8.12. The van der Waals surface area contributed by atoms with Crippen molar-refractivity contribution in [1.82, 2.24) is 5.32 Å². The standard InChI is InChI=1S/C16H24N2O/c1-11-7-14(9-15(17)8-11)16(19)18-10-13-6-4-3-5-12(13)2/h7-9,12-13H,3-6,10,17H2,1-2H3,(H,18,19). The molecule has 0 saturated heterocycles. The van der Waals surface area contributed by atoms with Crippen molar-refractivity contribution >= 4 is 11.6 Å². The van der Waals surface area contributed by atoms with Crippen LogP contribution < -0.4 is 11.1 Å². The molecule has 1 amide bonds. The summed E-state index contributed by atoms with van der Waals surface area (Å²) in [4.78, 5) is 12.1. The minimum atomic E-state index is -0.00632. The van der Waals surface area contributed by atoms with E-state index in [1.54, 1.807) is 6.07 Å². The Hall–Kier alpha value is -1.51. The van der Waals surface area contributed by atoms with E-state index in [9.17, 15) is 4.79 Å². The van der Waals surface area contributed by atoms with Gasteiger partial charge in [0.2, 0.25) is 0 Å². The van der Waals surface area contributed by atoms with Crippen molar-refractivity contribution in [2.24, 2.45) is 11.8 Å². The lowest BCUT2D eigenvalue weighted by Crippen LogP contribution is -2.33. The van der Waals surface area contributed by atoms with Crippen LogP contribution in [0.15, 0.2) is 18.2 Å². The fraction of sp³-hybridized carbons (Fsp3) is 0.562. The maximum Gasteiger partial charge on any atom is 0.251 e. The van der Waals surface area contributed by atoms with E-state index in [2.05, 4.69) is 12.2 Å². The van der Waals surface area contributed by atoms with Crippen LogP contribution >= 0.6 is 0 Å². The fourth-order valence-electron chi connectivity index (χ4n) is 2.97. The van der Waals surface area contributed by atoms with E-state index in [1.165, 1.54) is 25.7 Å². The molecule has 0 aliphatic heterocycles. The minimum absolute atomic E-state index is 0.00632. The van der Waals surface area contributed by atoms with Crippen LogP contribution in [0.2, 0.25) is 0 Å². The number of hydrogen-bond acceptors (Lipinski definition) is 2. The van der Waals surface area contributed by atoms with Crippen LogP contribution in [0.1, 0.15) is 48.5 Å². The number of nitrogens with one attached hydrogen (secondary N) is 1. The van der Waals surface area contributed by atoms with Gasteiger partial charge in [-0.25, -0.2) is 0 Å². The van der Waals surface area contributed by atoms with Crippen LogP contribution in [0, 0.1) is 18.8 Å². The highest BCUT2D eigenvalue weighted by molar-refractivity contribution is 5.95. The molecule has 3 heteroatoms. The lowest BCUT2D eigenvalue weighted by atomic mass is 9.80. The number of benzene rings is 1. The molecule has 0 bridgehead atoms. The number of aryl methyl sites for hydroxylation is 1. The Labute approximate surface area is 115 Å². The molecule has 3 nitrogen and oxygen atoms in total. The Morgan fingerprint density at radius 3 is 2.74 bits per heavy atom. The summed E-state index contributed by atoms with van der Waals surface area (Å²) in [6.07, 6.45) is 5.15. The number of amides is 1. The van der Waals surface area contributed by atoms with Gasteiger partial charge >= 0.3 is 0 Å². The smallest absolute Gasteiger partial charge is 0.251 e. The second kappa shape index (κ2) is 6.09. The van der Waals surface area contributed by atoms with Crippen LogP contribution in [0.3, 0.4) is 0 Å². The van der Waals surface area contributed by atoms with Gasteiger partial charge in [0.1, 0.15) is 0 Å². The second-order valence-electron chi connectivity index (χ2n) is 5.86. The number of nitrogens with two attached hydrogens (primary N) is 1. The third kappa shape index (κ3) is 3.72. The van der Waals surface area contributed by atoms with Gasteiger partial charge in [0.05, 0.1) is 0 Å². The second-order valence-corrected chi connectivity index (χ2v) is 5.86. The molecule has 104 valence electrons. The summed E-state index contributed by atoms with van der Waals surface area (Å²) < 4.78 is 0. The fourth-order valence-corrected chi connectivity index (χ4v) is 2.97. The van der Waals surface area contributed by atoms with Gasteiger partial charge in [-0.15, -0.1) is 0 Å². The van der Waals surface area contributed by atoms with E-state index < -0.39 is 0 Å². The molecule has 1 saturated carbocycles. The first-order valence-corrected chi connectivity index (χ1v) is 7.21. The Morgan fingerprint density at radius 2 is 2.05 bits per heavy atom. The molecule has 0 heterocycles. The van der Waals surface area contributed by atoms with Gasteiger partial charge in [-0.1, -0.05) is 26.2 Å². The highest BCUT2D eigenvalue weighted by atomic mass is 16.1. The average molecular weight is 260 g/mol. The first-order valence-electron chi connectivity index (χ1n) is 7.21. The number of carbonyl (C=O) groups is 1. The third-order valence-electron chi connectivity index (χ3n) is 4.18. The summed E-state index contributed by atoms with van der Waals surface area (Å²) in [5.74, 6) is 1.34. The van der Waals surface area contributed by atoms with Gasteiger partial charge in [-0.05, 0) is 48.9 Å². The number of hydrogen-bond donors (Lipinski definition) is 2. The predicted octanol–water partition coefficient (Wildman–Crippen LogP) is 3.13. The van der Waals surface area contributed by atoms with E-state index in [1.807, 2.05) is 19.1 Å². The molecule has 0 aromatic heterocycles. The summed E-state index contributed by atoms with van der Waals surface area (Å²) >= 11 is 0. The predicted molar refractivity (Wildman–Crippen MR) is 79.0 cm³/mol. The Morgan fingerprint density at radius 1 is 1.32 bits per heavy atom.